The van der Waals surface area contributed by atoms with Crippen LogP contribution in [0.2, 0.25) is 5.15 Å². The third-order valence-electron chi connectivity index (χ3n) is 2.50. The summed E-state index contributed by atoms with van der Waals surface area (Å²) in [6.07, 6.45) is 2.77. The lowest BCUT2D eigenvalue weighted by molar-refractivity contribution is -0.111. The first-order chi connectivity index (χ1) is 9.69. The number of aromatic nitrogens is 1. The second-order valence-corrected chi connectivity index (χ2v) is 5.36. The van der Waals surface area contributed by atoms with Gasteiger partial charge in [-0.2, -0.15) is 4.99 Å². The lowest BCUT2D eigenvalue weighted by Gasteiger charge is -2.17. The maximum atomic E-state index is 11.5. The van der Waals surface area contributed by atoms with Gasteiger partial charge in [0, 0.05) is 25.0 Å². The fourth-order valence-electron chi connectivity index (χ4n) is 1.63. The SMILES string of the molecule is CO/N=C/C(=O)N=C1SCCN1Cc1ccc(Cl)nc1. The van der Waals surface area contributed by atoms with Gasteiger partial charge in [-0.15, -0.1) is 0 Å². The van der Waals surface area contributed by atoms with Crippen LogP contribution >= 0.6 is 23.4 Å². The summed E-state index contributed by atoms with van der Waals surface area (Å²) >= 11 is 7.29. The molecule has 1 aromatic rings. The van der Waals surface area contributed by atoms with Gasteiger partial charge in [-0.1, -0.05) is 34.6 Å². The first-order valence-corrected chi connectivity index (χ1v) is 7.23. The lowest BCUT2D eigenvalue weighted by atomic mass is 10.3. The Morgan fingerprint density at radius 2 is 2.50 bits per heavy atom. The van der Waals surface area contributed by atoms with Crippen LogP contribution in [0.3, 0.4) is 0 Å². The largest absolute Gasteiger partial charge is 0.399 e. The van der Waals surface area contributed by atoms with Crippen LogP contribution in [0.1, 0.15) is 5.56 Å². The van der Waals surface area contributed by atoms with Gasteiger partial charge in [0.1, 0.15) is 18.5 Å². The van der Waals surface area contributed by atoms with Crippen molar-refractivity contribution < 1.29 is 9.63 Å². The number of hydrogen-bond acceptors (Lipinski definition) is 5. The lowest BCUT2D eigenvalue weighted by Crippen LogP contribution is -2.24. The third kappa shape index (κ3) is 4.21. The number of aliphatic imine (C=N–C) groups is 1. The van der Waals surface area contributed by atoms with Crippen molar-refractivity contribution in [3.8, 4) is 0 Å². The summed E-state index contributed by atoms with van der Waals surface area (Å²) < 4.78 is 0. The molecule has 0 aromatic carbocycles. The van der Waals surface area contributed by atoms with Gasteiger partial charge >= 0.3 is 0 Å². The molecule has 1 saturated heterocycles. The number of amides is 1. The number of pyridine rings is 1. The molecule has 0 atom stereocenters. The van der Waals surface area contributed by atoms with Gasteiger partial charge in [0.15, 0.2) is 5.17 Å². The molecule has 6 nitrogen and oxygen atoms in total. The fraction of sp³-hybridized carbons (Fsp3) is 0.333. The molecule has 0 bridgehead atoms. The van der Waals surface area contributed by atoms with Crippen LogP contribution in [0, 0.1) is 0 Å². The molecule has 1 aromatic heterocycles. The molecule has 20 heavy (non-hydrogen) atoms. The summed E-state index contributed by atoms with van der Waals surface area (Å²) in [5, 5.41) is 4.55. The van der Waals surface area contributed by atoms with Gasteiger partial charge in [0.25, 0.3) is 5.91 Å². The van der Waals surface area contributed by atoms with E-state index in [1.54, 1.807) is 24.0 Å². The first kappa shape index (κ1) is 14.8. The van der Waals surface area contributed by atoms with E-state index in [9.17, 15) is 4.79 Å². The van der Waals surface area contributed by atoms with E-state index in [1.807, 2.05) is 11.0 Å². The summed E-state index contributed by atoms with van der Waals surface area (Å²) in [5.41, 5.74) is 1.02. The maximum Gasteiger partial charge on any atom is 0.293 e. The number of amidine groups is 1. The van der Waals surface area contributed by atoms with E-state index < -0.39 is 5.91 Å². The fourth-order valence-corrected chi connectivity index (χ4v) is 2.72. The Morgan fingerprint density at radius 3 is 3.20 bits per heavy atom. The van der Waals surface area contributed by atoms with E-state index >= 15 is 0 Å². The van der Waals surface area contributed by atoms with E-state index in [0.717, 1.165) is 24.1 Å². The highest BCUT2D eigenvalue weighted by molar-refractivity contribution is 8.14. The van der Waals surface area contributed by atoms with Gasteiger partial charge in [-0.25, -0.2) is 4.98 Å². The highest BCUT2D eigenvalue weighted by atomic mass is 35.5. The number of thioether (sulfide) groups is 1. The van der Waals surface area contributed by atoms with Gasteiger partial charge < -0.3 is 9.74 Å². The number of rotatable bonds is 4. The van der Waals surface area contributed by atoms with Crippen LogP contribution in [0.5, 0.6) is 0 Å². The van der Waals surface area contributed by atoms with Crippen molar-refractivity contribution >= 4 is 40.7 Å². The second-order valence-electron chi connectivity index (χ2n) is 3.91. The number of nitrogens with zero attached hydrogens (tertiary/aromatic N) is 4. The molecule has 8 heteroatoms. The Hall–Kier alpha value is -1.60. The summed E-state index contributed by atoms with van der Waals surface area (Å²) in [4.78, 5) is 26.0. The predicted molar refractivity (Wildman–Crippen MR) is 80.1 cm³/mol. The third-order valence-corrected chi connectivity index (χ3v) is 3.72. The Morgan fingerprint density at radius 1 is 1.65 bits per heavy atom. The Bertz CT molecular complexity index is 533. The van der Waals surface area contributed by atoms with Crippen LogP contribution in [-0.2, 0) is 16.2 Å². The van der Waals surface area contributed by atoms with Crippen LogP contribution in [0.4, 0.5) is 0 Å². The Balaban J connectivity index is 2.03. The Kier molecular flexibility index (Phi) is 5.37. The average Bonchev–Trinajstić information content (AvgIpc) is 2.86. The molecule has 1 amide bonds. The van der Waals surface area contributed by atoms with E-state index in [4.69, 9.17) is 11.6 Å². The molecule has 0 spiro atoms. The van der Waals surface area contributed by atoms with E-state index in [1.165, 1.54) is 7.11 Å². The quantitative estimate of drug-likeness (QED) is 0.482. The summed E-state index contributed by atoms with van der Waals surface area (Å²) in [5.74, 6) is 0.463. The number of hydrogen-bond donors (Lipinski definition) is 0. The van der Waals surface area contributed by atoms with Crippen molar-refractivity contribution in [1.29, 1.82) is 0 Å². The minimum atomic E-state index is -0.435. The van der Waals surface area contributed by atoms with Gasteiger partial charge in [0.2, 0.25) is 0 Å². The molecule has 0 N–H and O–H groups in total. The second kappa shape index (κ2) is 7.25. The molecular weight excluding hydrogens is 300 g/mol. The molecule has 0 unspecified atom stereocenters. The van der Waals surface area contributed by atoms with E-state index in [-0.39, 0.29) is 0 Å². The predicted octanol–water partition coefficient (Wildman–Crippen LogP) is 1.80. The summed E-state index contributed by atoms with van der Waals surface area (Å²) in [7, 11) is 1.38. The normalized spacial score (nSPS) is 17.1. The topological polar surface area (TPSA) is 67.2 Å². The van der Waals surface area contributed by atoms with E-state index in [2.05, 4.69) is 20.0 Å². The molecule has 1 aliphatic heterocycles. The molecule has 1 fully saturated rings. The molecule has 0 saturated carbocycles. The molecule has 0 aliphatic carbocycles. The molecule has 2 rings (SSSR count). The highest BCUT2D eigenvalue weighted by Gasteiger charge is 2.20. The minimum Gasteiger partial charge on any atom is -0.399 e. The number of carbonyl (C=O) groups is 1. The molecule has 2 heterocycles. The van der Waals surface area contributed by atoms with Crippen molar-refractivity contribution in [2.45, 2.75) is 6.54 Å². The van der Waals surface area contributed by atoms with Gasteiger partial charge in [-0.05, 0) is 11.6 Å². The zero-order valence-corrected chi connectivity index (χ0v) is 12.4. The van der Waals surface area contributed by atoms with Gasteiger partial charge in [0.05, 0.1) is 0 Å². The van der Waals surface area contributed by atoms with Crippen LogP contribution in [0.25, 0.3) is 0 Å². The van der Waals surface area contributed by atoms with Crippen molar-refractivity contribution in [3.63, 3.8) is 0 Å². The highest BCUT2D eigenvalue weighted by Crippen LogP contribution is 2.20. The zero-order valence-electron chi connectivity index (χ0n) is 10.8. The summed E-state index contributed by atoms with van der Waals surface area (Å²) in [6, 6.07) is 3.65. The maximum absolute atomic E-state index is 11.5. The number of halogens is 1. The van der Waals surface area contributed by atoms with E-state index in [0.29, 0.717) is 16.9 Å². The number of oxime groups is 1. The molecular formula is C12H13ClN4O2S. The first-order valence-electron chi connectivity index (χ1n) is 5.86. The summed E-state index contributed by atoms with van der Waals surface area (Å²) in [6.45, 7) is 1.48. The zero-order chi connectivity index (χ0) is 14.4. The Labute approximate surface area is 125 Å². The average molecular weight is 313 g/mol. The van der Waals surface area contributed by atoms with Crippen LogP contribution in [-0.4, -0.2) is 46.6 Å². The molecule has 106 valence electrons. The number of carbonyl (C=O) groups excluding carboxylic acids is 1. The van der Waals surface area contributed by atoms with Crippen molar-refractivity contribution in [3.05, 3.63) is 29.0 Å². The van der Waals surface area contributed by atoms with Crippen molar-refractivity contribution in [1.82, 2.24) is 9.88 Å². The minimum absolute atomic E-state index is 0.435. The van der Waals surface area contributed by atoms with Gasteiger partial charge in [-0.3, -0.25) is 4.79 Å². The van der Waals surface area contributed by atoms with Crippen LogP contribution < -0.4 is 0 Å². The van der Waals surface area contributed by atoms with Crippen molar-refractivity contribution in [2.24, 2.45) is 10.1 Å². The molecule has 1 aliphatic rings. The van der Waals surface area contributed by atoms with Crippen molar-refractivity contribution in [2.75, 3.05) is 19.4 Å². The smallest absolute Gasteiger partial charge is 0.293 e. The monoisotopic (exact) mass is 312 g/mol. The van der Waals surface area contributed by atoms with Crippen LogP contribution in [0.15, 0.2) is 28.5 Å². The molecule has 0 radical (unpaired) electrons. The standard InChI is InChI=1S/C12H13ClN4O2S/c1-19-15-7-11(18)16-12-17(4-5-20-12)8-9-2-3-10(13)14-6-9/h2-3,6-7H,4-5,8H2,1H3/b15-7+,16-12?.